The van der Waals surface area contributed by atoms with Gasteiger partial charge in [0.1, 0.15) is 0 Å². The standard InChI is InChI=1S/C18H28N2/c1-19-12-9-16(10-13-19)14-20-11-5-8-18(15-20)17-6-3-2-4-7-17/h2-4,6-7,16,18H,5,8-15H2,1H3. The predicted octanol–water partition coefficient (Wildman–Crippen LogP) is 3.21. The molecule has 2 fully saturated rings. The molecule has 0 radical (unpaired) electrons. The van der Waals surface area contributed by atoms with Crippen LogP contribution in [-0.4, -0.2) is 49.6 Å². The summed E-state index contributed by atoms with van der Waals surface area (Å²) in [4.78, 5) is 5.20. The van der Waals surface area contributed by atoms with Gasteiger partial charge in [0.15, 0.2) is 0 Å². The zero-order valence-corrected chi connectivity index (χ0v) is 12.8. The second kappa shape index (κ2) is 6.73. The van der Waals surface area contributed by atoms with Crippen LogP contribution < -0.4 is 0 Å². The highest BCUT2D eigenvalue weighted by atomic mass is 15.1. The van der Waals surface area contributed by atoms with E-state index in [1.807, 2.05) is 0 Å². The minimum atomic E-state index is 0.760. The van der Waals surface area contributed by atoms with Crippen LogP contribution in [0, 0.1) is 5.92 Å². The van der Waals surface area contributed by atoms with Crippen LogP contribution in [0.1, 0.15) is 37.2 Å². The van der Waals surface area contributed by atoms with E-state index >= 15 is 0 Å². The molecule has 1 unspecified atom stereocenters. The van der Waals surface area contributed by atoms with Crippen LogP contribution in [0.3, 0.4) is 0 Å². The Morgan fingerprint density at radius 2 is 1.75 bits per heavy atom. The van der Waals surface area contributed by atoms with Gasteiger partial charge in [0.2, 0.25) is 0 Å². The molecule has 2 heterocycles. The van der Waals surface area contributed by atoms with Crippen LogP contribution in [0.4, 0.5) is 0 Å². The van der Waals surface area contributed by atoms with Crippen molar-refractivity contribution in [3.8, 4) is 0 Å². The maximum absolute atomic E-state index is 2.73. The summed E-state index contributed by atoms with van der Waals surface area (Å²) >= 11 is 0. The summed E-state index contributed by atoms with van der Waals surface area (Å²) in [6, 6.07) is 11.1. The number of likely N-dealkylation sites (tertiary alicyclic amines) is 2. The second-order valence-corrected chi connectivity index (χ2v) is 6.76. The highest BCUT2D eigenvalue weighted by Gasteiger charge is 2.24. The van der Waals surface area contributed by atoms with E-state index in [2.05, 4.69) is 47.2 Å². The third-order valence-electron chi connectivity index (χ3n) is 5.13. The summed E-state index contributed by atoms with van der Waals surface area (Å²) in [6.45, 7) is 6.50. The summed E-state index contributed by atoms with van der Waals surface area (Å²) in [6.07, 6.45) is 5.52. The number of benzene rings is 1. The van der Waals surface area contributed by atoms with Crippen LogP contribution >= 0.6 is 0 Å². The Labute approximate surface area is 123 Å². The van der Waals surface area contributed by atoms with Gasteiger partial charge in [-0.25, -0.2) is 0 Å². The van der Waals surface area contributed by atoms with Gasteiger partial charge in [0, 0.05) is 13.1 Å². The second-order valence-electron chi connectivity index (χ2n) is 6.76. The topological polar surface area (TPSA) is 6.48 Å². The highest BCUT2D eigenvalue weighted by Crippen LogP contribution is 2.28. The van der Waals surface area contributed by atoms with Gasteiger partial charge in [-0.1, -0.05) is 30.3 Å². The molecule has 1 aromatic carbocycles. The van der Waals surface area contributed by atoms with E-state index in [-0.39, 0.29) is 0 Å². The van der Waals surface area contributed by atoms with Gasteiger partial charge in [-0.3, -0.25) is 0 Å². The Balaban J connectivity index is 1.53. The first-order valence-electron chi connectivity index (χ1n) is 8.27. The van der Waals surface area contributed by atoms with E-state index in [9.17, 15) is 0 Å². The van der Waals surface area contributed by atoms with Crippen LogP contribution in [0.25, 0.3) is 0 Å². The number of hydrogen-bond donors (Lipinski definition) is 0. The number of hydrogen-bond acceptors (Lipinski definition) is 2. The van der Waals surface area contributed by atoms with Crippen LogP contribution in [-0.2, 0) is 0 Å². The fourth-order valence-electron chi connectivity index (χ4n) is 3.83. The molecule has 2 heteroatoms. The summed E-state index contributed by atoms with van der Waals surface area (Å²) in [5, 5.41) is 0. The van der Waals surface area contributed by atoms with Crippen molar-refractivity contribution in [2.75, 3.05) is 39.8 Å². The average molecular weight is 272 g/mol. The van der Waals surface area contributed by atoms with Crippen molar-refractivity contribution < 1.29 is 0 Å². The quantitative estimate of drug-likeness (QED) is 0.833. The van der Waals surface area contributed by atoms with E-state index < -0.39 is 0 Å². The maximum Gasteiger partial charge on any atom is 0.00504 e. The molecule has 0 aliphatic carbocycles. The Morgan fingerprint density at radius 1 is 1.00 bits per heavy atom. The van der Waals surface area contributed by atoms with Gasteiger partial charge < -0.3 is 9.80 Å². The molecular weight excluding hydrogens is 244 g/mol. The van der Waals surface area contributed by atoms with Gasteiger partial charge in [0.25, 0.3) is 0 Å². The molecule has 20 heavy (non-hydrogen) atoms. The summed E-state index contributed by atoms with van der Waals surface area (Å²) in [5.74, 6) is 1.69. The van der Waals surface area contributed by atoms with Crippen LogP contribution in [0.5, 0.6) is 0 Å². The fourth-order valence-corrected chi connectivity index (χ4v) is 3.83. The monoisotopic (exact) mass is 272 g/mol. The molecule has 3 rings (SSSR count). The van der Waals surface area contributed by atoms with Gasteiger partial charge in [-0.15, -0.1) is 0 Å². The third-order valence-corrected chi connectivity index (χ3v) is 5.13. The van der Waals surface area contributed by atoms with Crippen molar-refractivity contribution in [3.63, 3.8) is 0 Å². The lowest BCUT2D eigenvalue weighted by molar-refractivity contribution is 0.136. The average Bonchev–Trinajstić information content (AvgIpc) is 2.51. The first-order chi connectivity index (χ1) is 9.81. The van der Waals surface area contributed by atoms with Crippen LogP contribution in [0.15, 0.2) is 30.3 Å². The largest absolute Gasteiger partial charge is 0.306 e. The molecule has 2 nitrogen and oxygen atoms in total. The molecule has 1 atom stereocenters. The van der Waals surface area contributed by atoms with E-state index in [1.54, 1.807) is 5.56 Å². The number of piperidine rings is 2. The SMILES string of the molecule is CN1CCC(CN2CCCC(c3ccccc3)C2)CC1. The van der Waals surface area contributed by atoms with E-state index in [0.29, 0.717) is 0 Å². The molecule has 2 saturated heterocycles. The molecule has 0 spiro atoms. The molecule has 0 aromatic heterocycles. The zero-order chi connectivity index (χ0) is 13.8. The third kappa shape index (κ3) is 3.62. The lowest BCUT2D eigenvalue weighted by Crippen LogP contribution is -2.41. The molecule has 2 aliphatic heterocycles. The first-order valence-corrected chi connectivity index (χ1v) is 8.27. The van der Waals surface area contributed by atoms with Gasteiger partial charge in [0.05, 0.1) is 0 Å². The lowest BCUT2D eigenvalue weighted by atomic mass is 9.89. The van der Waals surface area contributed by atoms with Crippen molar-refractivity contribution in [3.05, 3.63) is 35.9 Å². The molecule has 1 aromatic rings. The Bertz CT molecular complexity index is 395. The minimum Gasteiger partial charge on any atom is -0.306 e. The predicted molar refractivity (Wildman–Crippen MR) is 85.1 cm³/mol. The maximum atomic E-state index is 2.73. The zero-order valence-electron chi connectivity index (χ0n) is 12.8. The molecule has 110 valence electrons. The summed E-state index contributed by atoms with van der Waals surface area (Å²) in [7, 11) is 2.25. The van der Waals surface area contributed by atoms with Crippen molar-refractivity contribution in [1.82, 2.24) is 9.80 Å². The van der Waals surface area contributed by atoms with Gasteiger partial charge >= 0.3 is 0 Å². The van der Waals surface area contributed by atoms with E-state index in [4.69, 9.17) is 0 Å². The molecular formula is C18H28N2. The number of nitrogens with zero attached hydrogens (tertiary/aromatic N) is 2. The number of rotatable bonds is 3. The fraction of sp³-hybridized carbons (Fsp3) is 0.667. The van der Waals surface area contributed by atoms with Crippen molar-refractivity contribution in [2.45, 2.75) is 31.6 Å². The van der Waals surface area contributed by atoms with Gasteiger partial charge in [-0.2, -0.15) is 0 Å². The Kier molecular flexibility index (Phi) is 4.74. The minimum absolute atomic E-state index is 0.760. The normalized spacial score (nSPS) is 26.8. The van der Waals surface area contributed by atoms with Gasteiger partial charge in [-0.05, 0) is 69.8 Å². The van der Waals surface area contributed by atoms with E-state index in [1.165, 1.54) is 58.4 Å². The smallest absolute Gasteiger partial charge is 0.00504 e. The van der Waals surface area contributed by atoms with Crippen molar-refractivity contribution >= 4 is 0 Å². The summed E-state index contributed by atoms with van der Waals surface area (Å²) in [5.41, 5.74) is 1.54. The molecule has 0 bridgehead atoms. The molecule has 2 aliphatic rings. The summed E-state index contributed by atoms with van der Waals surface area (Å²) < 4.78 is 0. The van der Waals surface area contributed by atoms with E-state index in [0.717, 1.165) is 11.8 Å². The Morgan fingerprint density at radius 3 is 2.50 bits per heavy atom. The van der Waals surface area contributed by atoms with Crippen molar-refractivity contribution in [1.29, 1.82) is 0 Å². The molecule has 0 saturated carbocycles. The van der Waals surface area contributed by atoms with Crippen LogP contribution in [0.2, 0.25) is 0 Å². The van der Waals surface area contributed by atoms with Crippen molar-refractivity contribution in [2.24, 2.45) is 5.92 Å². The highest BCUT2D eigenvalue weighted by molar-refractivity contribution is 5.20. The molecule has 0 amide bonds. The lowest BCUT2D eigenvalue weighted by Gasteiger charge is -2.37. The molecule has 0 N–H and O–H groups in total. The first kappa shape index (κ1) is 14.1. The Hall–Kier alpha value is -0.860.